The number of aryl methyl sites for hydroxylation is 1. The number of carbonyl (C=O) groups is 2. The molecule has 0 fully saturated rings. The number of carbonyl (C=O) groups excluding carboxylic acids is 1. The number of para-hydroxylation sites is 1. The summed E-state index contributed by atoms with van der Waals surface area (Å²) in [6.45, 7) is 3.36. The number of nitrogens with zero attached hydrogens (tertiary/aromatic N) is 3. The Morgan fingerprint density at radius 3 is 2.60 bits per heavy atom. The lowest BCUT2D eigenvalue weighted by molar-refractivity contribution is -0.384. The molecule has 10 nitrogen and oxygen atoms in total. The maximum Gasteiger partial charge on any atom is 0.356 e. The van der Waals surface area contributed by atoms with E-state index in [0.29, 0.717) is 5.75 Å². The van der Waals surface area contributed by atoms with Crippen molar-refractivity contribution in [3.05, 3.63) is 76.1 Å². The van der Waals surface area contributed by atoms with E-state index in [1.807, 2.05) is 19.1 Å². The minimum atomic E-state index is -1.21. The van der Waals surface area contributed by atoms with Crippen molar-refractivity contribution in [3.8, 4) is 11.5 Å². The number of aromatic nitrogens is 2. The average Bonchev–Trinajstić information content (AvgIpc) is 3.19. The van der Waals surface area contributed by atoms with Crippen molar-refractivity contribution in [1.29, 1.82) is 0 Å². The Labute approximate surface area is 170 Å². The molecule has 1 heterocycles. The number of aromatic carboxylic acids is 1. The van der Waals surface area contributed by atoms with E-state index < -0.39 is 22.8 Å². The Bertz CT molecular complexity index is 1120. The molecule has 0 bridgehead atoms. The van der Waals surface area contributed by atoms with Crippen LogP contribution in [-0.4, -0.2) is 31.7 Å². The van der Waals surface area contributed by atoms with Crippen LogP contribution in [0.1, 0.15) is 29.0 Å². The Hall–Kier alpha value is -4.21. The number of nitro groups is 1. The molecule has 30 heavy (non-hydrogen) atoms. The first-order valence-corrected chi connectivity index (χ1v) is 8.87. The summed E-state index contributed by atoms with van der Waals surface area (Å²) in [5.74, 6) is -1.02. The quantitative estimate of drug-likeness (QED) is 0.446. The van der Waals surface area contributed by atoms with Crippen molar-refractivity contribution in [2.45, 2.75) is 19.9 Å². The summed E-state index contributed by atoms with van der Waals surface area (Å²) in [7, 11) is 0. The maximum absolute atomic E-state index is 12.6. The zero-order chi connectivity index (χ0) is 21.8. The molecule has 0 radical (unpaired) electrons. The largest absolute Gasteiger partial charge is 0.476 e. The Morgan fingerprint density at radius 1 is 1.23 bits per heavy atom. The highest BCUT2D eigenvalue weighted by Crippen LogP contribution is 2.31. The van der Waals surface area contributed by atoms with E-state index in [1.54, 1.807) is 12.1 Å². The van der Waals surface area contributed by atoms with Crippen LogP contribution in [0.5, 0.6) is 11.5 Å². The second-order valence-electron chi connectivity index (χ2n) is 6.49. The number of nitro benzene ring substituents is 1. The van der Waals surface area contributed by atoms with Gasteiger partial charge in [-0.15, -0.1) is 0 Å². The third kappa shape index (κ3) is 4.61. The molecule has 154 valence electrons. The fourth-order valence-corrected chi connectivity index (χ4v) is 2.65. The average molecular weight is 410 g/mol. The number of benzene rings is 2. The van der Waals surface area contributed by atoms with E-state index in [1.165, 1.54) is 42.1 Å². The molecule has 1 atom stereocenters. The minimum absolute atomic E-state index is 0.162. The molecule has 0 aliphatic carbocycles. The van der Waals surface area contributed by atoms with Crippen LogP contribution < -0.4 is 10.1 Å². The lowest BCUT2D eigenvalue weighted by atomic mass is 10.2. The molecule has 2 aromatic carbocycles. The van der Waals surface area contributed by atoms with E-state index in [4.69, 9.17) is 9.84 Å². The van der Waals surface area contributed by atoms with Gasteiger partial charge in [-0.1, -0.05) is 18.2 Å². The first kappa shape index (κ1) is 20.5. The Kier molecular flexibility index (Phi) is 5.77. The van der Waals surface area contributed by atoms with Crippen LogP contribution in [0.25, 0.3) is 0 Å². The van der Waals surface area contributed by atoms with Crippen molar-refractivity contribution in [2.24, 2.45) is 0 Å². The van der Waals surface area contributed by atoms with Crippen molar-refractivity contribution in [3.63, 3.8) is 0 Å². The van der Waals surface area contributed by atoms with Gasteiger partial charge >= 0.3 is 5.97 Å². The topological polar surface area (TPSA) is 137 Å². The molecule has 0 saturated heterocycles. The SMILES string of the molecule is Cc1ccccc1Oc1cc(NC(=O)C(C)n2ccc(C(=O)O)n2)cc([N+](=O)[O-])c1. The Morgan fingerprint density at radius 2 is 1.97 bits per heavy atom. The van der Waals surface area contributed by atoms with Crippen molar-refractivity contribution in [1.82, 2.24) is 9.78 Å². The highest BCUT2D eigenvalue weighted by atomic mass is 16.6. The fraction of sp³-hybridized carbons (Fsp3) is 0.150. The molecule has 3 aromatic rings. The molecule has 0 aliphatic heterocycles. The summed E-state index contributed by atoms with van der Waals surface area (Å²) < 4.78 is 6.95. The van der Waals surface area contributed by atoms with Crippen molar-refractivity contribution in [2.75, 3.05) is 5.32 Å². The highest BCUT2D eigenvalue weighted by molar-refractivity contribution is 5.94. The van der Waals surface area contributed by atoms with Gasteiger partial charge < -0.3 is 15.2 Å². The van der Waals surface area contributed by atoms with Gasteiger partial charge in [-0.05, 0) is 31.5 Å². The molecule has 1 amide bonds. The van der Waals surface area contributed by atoms with Gasteiger partial charge in [0.15, 0.2) is 5.69 Å². The predicted molar refractivity (Wildman–Crippen MR) is 107 cm³/mol. The second-order valence-corrected chi connectivity index (χ2v) is 6.49. The zero-order valence-corrected chi connectivity index (χ0v) is 16.1. The number of hydrogen-bond acceptors (Lipinski definition) is 6. The number of hydrogen-bond donors (Lipinski definition) is 2. The lowest BCUT2D eigenvalue weighted by Crippen LogP contribution is -2.24. The fourth-order valence-electron chi connectivity index (χ4n) is 2.65. The molecule has 10 heteroatoms. The van der Waals surface area contributed by atoms with Crippen LogP contribution in [0.3, 0.4) is 0 Å². The molecular weight excluding hydrogens is 392 g/mol. The van der Waals surface area contributed by atoms with Crippen molar-refractivity contribution < 1.29 is 24.4 Å². The summed E-state index contributed by atoms with van der Waals surface area (Å²) >= 11 is 0. The first-order chi connectivity index (χ1) is 14.2. The van der Waals surface area contributed by atoms with Crippen LogP contribution >= 0.6 is 0 Å². The molecule has 3 rings (SSSR count). The van der Waals surface area contributed by atoms with Gasteiger partial charge in [-0.2, -0.15) is 5.10 Å². The summed E-state index contributed by atoms with van der Waals surface area (Å²) in [5.41, 5.74) is 0.557. The van der Waals surface area contributed by atoms with Crippen LogP contribution in [0, 0.1) is 17.0 Å². The molecule has 0 spiro atoms. The minimum Gasteiger partial charge on any atom is -0.476 e. The number of rotatable bonds is 7. The van der Waals surface area contributed by atoms with Gasteiger partial charge in [0.2, 0.25) is 5.91 Å². The second kappa shape index (κ2) is 8.43. The standard InChI is InChI=1S/C20H18N4O6/c1-12-5-3-4-6-18(12)30-16-10-14(9-15(11-16)24(28)29)21-19(25)13(2)23-8-7-17(22-23)20(26)27/h3-11,13H,1-2H3,(H,21,25)(H,26,27). The van der Waals surface area contributed by atoms with E-state index in [2.05, 4.69) is 10.4 Å². The van der Waals surface area contributed by atoms with E-state index in [0.717, 1.165) is 5.56 Å². The number of anilines is 1. The molecular formula is C20H18N4O6. The summed E-state index contributed by atoms with van der Waals surface area (Å²) in [4.78, 5) is 34.2. The summed E-state index contributed by atoms with van der Waals surface area (Å²) in [5, 5.41) is 26.7. The van der Waals surface area contributed by atoms with Gasteiger partial charge in [0.25, 0.3) is 5.69 Å². The molecule has 2 N–H and O–H groups in total. The van der Waals surface area contributed by atoms with Gasteiger partial charge in [-0.3, -0.25) is 19.6 Å². The first-order valence-electron chi connectivity index (χ1n) is 8.87. The predicted octanol–water partition coefficient (Wildman–Crippen LogP) is 3.79. The molecule has 0 aliphatic rings. The van der Waals surface area contributed by atoms with Crippen LogP contribution in [0.4, 0.5) is 11.4 Å². The number of carboxylic acid groups (broad SMARTS) is 1. The monoisotopic (exact) mass is 410 g/mol. The number of carboxylic acids is 1. The van der Waals surface area contributed by atoms with Gasteiger partial charge in [0.05, 0.1) is 16.7 Å². The third-order valence-corrected chi connectivity index (χ3v) is 4.29. The molecule has 0 saturated carbocycles. The van der Waals surface area contributed by atoms with E-state index in [9.17, 15) is 19.7 Å². The number of ether oxygens (including phenoxy) is 1. The normalized spacial score (nSPS) is 11.5. The number of amides is 1. The van der Waals surface area contributed by atoms with Crippen LogP contribution in [-0.2, 0) is 4.79 Å². The van der Waals surface area contributed by atoms with E-state index >= 15 is 0 Å². The highest BCUT2D eigenvalue weighted by Gasteiger charge is 2.20. The van der Waals surface area contributed by atoms with Gasteiger partial charge in [-0.25, -0.2) is 4.79 Å². The summed E-state index contributed by atoms with van der Waals surface area (Å²) in [6, 6.07) is 11.5. The number of non-ortho nitro benzene ring substituents is 1. The molecule has 1 aromatic heterocycles. The Balaban J connectivity index is 1.84. The maximum atomic E-state index is 12.6. The van der Waals surface area contributed by atoms with Crippen molar-refractivity contribution >= 4 is 23.3 Å². The molecule has 1 unspecified atom stereocenters. The smallest absolute Gasteiger partial charge is 0.356 e. The third-order valence-electron chi connectivity index (χ3n) is 4.29. The lowest BCUT2D eigenvalue weighted by Gasteiger charge is -2.14. The summed E-state index contributed by atoms with van der Waals surface area (Å²) in [6.07, 6.45) is 1.37. The van der Waals surface area contributed by atoms with E-state index in [-0.39, 0.29) is 22.8 Å². The number of nitrogens with one attached hydrogen (secondary N) is 1. The zero-order valence-electron chi connectivity index (χ0n) is 16.1. The van der Waals surface area contributed by atoms with Crippen LogP contribution in [0.15, 0.2) is 54.7 Å². The van der Waals surface area contributed by atoms with Gasteiger partial charge in [0.1, 0.15) is 17.5 Å². The van der Waals surface area contributed by atoms with Crippen LogP contribution in [0.2, 0.25) is 0 Å². The van der Waals surface area contributed by atoms with Gasteiger partial charge in [0, 0.05) is 18.3 Å².